The van der Waals surface area contributed by atoms with E-state index < -0.39 is 10.7 Å². The van der Waals surface area contributed by atoms with Gasteiger partial charge in [0.15, 0.2) is 11.6 Å². The van der Waals surface area contributed by atoms with Crippen molar-refractivity contribution in [3.63, 3.8) is 0 Å². The van der Waals surface area contributed by atoms with Crippen LogP contribution in [-0.4, -0.2) is 30.7 Å². The van der Waals surface area contributed by atoms with Crippen LogP contribution in [0.4, 0.5) is 15.9 Å². The van der Waals surface area contributed by atoms with Crippen LogP contribution in [0.3, 0.4) is 0 Å². The Bertz CT molecular complexity index is 1720. The number of pyridine rings is 1. The number of hydrogen-bond acceptors (Lipinski definition) is 8. The minimum absolute atomic E-state index is 0.0766. The lowest BCUT2D eigenvalue weighted by molar-refractivity contribution is -0.384. The summed E-state index contributed by atoms with van der Waals surface area (Å²) in [4.78, 5) is 35.1. The highest BCUT2D eigenvalue weighted by molar-refractivity contribution is 6.08. The molecule has 10 nitrogen and oxygen atoms in total. The number of anilines is 1. The smallest absolute Gasteiger partial charge is 0.269 e. The number of aromatic nitrogens is 4. The second kappa shape index (κ2) is 9.69. The number of fused-ring (bicyclic) bond motifs is 1. The number of rotatable bonds is 7. The van der Waals surface area contributed by atoms with Crippen LogP contribution in [-0.2, 0) is 18.3 Å². The van der Waals surface area contributed by atoms with E-state index in [0.29, 0.717) is 45.4 Å². The molecule has 3 aromatic heterocycles. The molecule has 0 saturated carbocycles. The second-order valence-corrected chi connectivity index (χ2v) is 8.54. The fourth-order valence-electron chi connectivity index (χ4n) is 4.50. The number of carbonyl (C=O) groups is 1. The number of benzene rings is 2. The number of nitrogens with zero attached hydrogens (tertiary/aromatic N) is 5. The summed E-state index contributed by atoms with van der Waals surface area (Å²) in [5, 5.41) is 11.7. The van der Waals surface area contributed by atoms with Crippen molar-refractivity contribution < 1.29 is 18.8 Å². The number of ether oxygens (including phenoxy) is 1. The molecular formula is C27H21FN6O4. The van der Waals surface area contributed by atoms with Gasteiger partial charge in [-0.25, -0.2) is 19.3 Å². The number of non-ortho nitro benzene ring substituents is 1. The molecule has 38 heavy (non-hydrogen) atoms. The predicted octanol–water partition coefficient (Wildman–Crippen LogP) is 5.17. The molecule has 2 N–H and O–H groups in total. The van der Waals surface area contributed by atoms with Crippen molar-refractivity contribution in [3.8, 4) is 34.0 Å². The zero-order chi connectivity index (χ0) is 27.0. The van der Waals surface area contributed by atoms with E-state index in [0.717, 1.165) is 0 Å². The lowest BCUT2D eigenvalue weighted by atomic mass is 9.93. The van der Waals surface area contributed by atoms with Crippen molar-refractivity contribution in [3.05, 3.63) is 88.1 Å². The lowest BCUT2D eigenvalue weighted by Gasteiger charge is -2.15. The van der Waals surface area contributed by atoms with E-state index in [4.69, 9.17) is 10.5 Å². The monoisotopic (exact) mass is 512 g/mol. The molecule has 0 saturated heterocycles. The first-order valence-electron chi connectivity index (χ1n) is 11.5. The molecule has 5 rings (SSSR count). The Kier molecular flexibility index (Phi) is 6.25. The van der Waals surface area contributed by atoms with E-state index in [1.54, 1.807) is 54.9 Å². The van der Waals surface area contributed by atoms with Gasteiger partial charge in [-0.05, 0) is 42.3 Å². The third-order valence-corrected chi connectivity index (χ3v) is 6.19. The number of aryl methyl sites for hydroxylation is 2. The van der Waals surface area contributed by atoms with Crippen LogP contribution < -0.4 is 10.5 Å². The summed E-state index contributed by atoms with van der Waals surface area (Å²) in [5.74, 6) is -0.441. The van der Waals surface area contributed by atoms with Crippen LogP contribution in [0.5, 0.6) is 11.6 Å². The molecule has 11 heteroatoms. The number of nitro benzene ring substituents is 1. The zero-order valence-electron chi connectivity index (χ0n) is 20.4. The van der Waals surface area contributed by atoms with Crippen molar-refractivity contribution in [2.24, 2.45) is 7.05 Å². The predicted molar refractivity (Wildman–Crippen MR) is 139 cm³/mol. The molecule has 0 amide bonds. The Balaban J connectivity index is 1.77. The maximum atomic E-state index is 15.9. The van der Waals surface area contributed by atoms with Gasteiger partial charge in [0, 0.05) is 48.5 Å². The molecule has 0 fully saturated rings. The summed E-state index contributed by atoms with van der Waals surface area (Å²) in [5.41, 5.74) is 9.52. The number of nitro groups is 1. The first kappa shape index (κ1) is 24.5. The molecule has 190 valence electrons. The Morgan fingerprint density at radius 1 is 1.13 bits per heavy atom. The van der Waals surface area contributed by atoms with Gasteiger partial charge in [0.05, 0.1) is 16.0 Å². The van der Waals surface area contributed by atoms with E-state index in [9.17, 15) is 14.9 Å². The van der Waals surface area contributed by atoms with Crippen LogP contribution in [0.2, 0.25) is 0 Å². The van der Waals surface area contributed by atoms with Gasteiger partial charge in [-0.15, -0.1) is 0 Å². The van der Waals surface area contributed by atoms with E-state index in [1.165, 1.54) is 24.5 Å². The number of hydrogen-bond donors (Lipinski definition) is 1. The molecule has 0 aliphatic heterocycles. The van der Waals surface area contributed by atoms with E-state index >= 15 is 4.39 Å². The maximum absolute atomic E-state index is 15.9. The number of nitrogens with two attached hydrogens (primary N) is 1. The van der Waals surface area contributed by atoms with Gasteiger partial charge in [-0.3, -0.25) is 10.1 Å². The second-order valence-electron chi connectivity index (χ2n) is 8.54. The number of halogens is 1. The van der Waals surface area contributed by atoms with Crippen LogP contribution in [0.25, 0.3) is 33.4 Å². The Hall–Kier alpha value is -5.19. The molecule has 0 aliphatic carbocycles. The highest BCUT2D eigenvalue weighted by Crippen LogP contribution is 2.44. The molecule has 0 aliphatic rings. The first-order chi connectivity index (χ1) is 18.3. The molecule has 5 aromatic rings. The molecule has 3 heterocycles. The van der Waals surface area contributed by atoms with E-state index in [-0.39, 0.29) is 35.1 Å². The fourth-order valence-corrected chi connectivity index (χ4v) is 4.50. The van der Waals surface area contributed by atoms with Crippen molar-refractivity contribution >= 4 is 28.8 Å². The van der Waals surface area contributed by atoms with Crippen LogP contribution in [0.1, 0.15) is 11.3 Å². The minimum atomic E-state index is -0.722. The number of nitrogen functional groups attached to an aromatic ring is 1. The largest absolute Gasteiger partial charge is 0.436 e. The molecular weight excluding hydrogens is 491 g/mol. The fraction of sp³-hybridized carbons (Fsp3) is 0.111. The van der Waals surface area contributed by atoms with Gasteiger partial charge in [-0.1, -0.05) is 12.1 Å². The third-order valence-electron chi connectivity index (χ3n) is 6.19. The Labute approximate surface area is 215 Å². The van der Waals surface area contributed by atoms with Crippen LogP contribution >= 0.6 is 0 Å². The standard InChI is InChI=1S/C27H21FN6O4/c1-15-4-3-5-21(32-15)38-20-11-10-18(19(12-13-35)24(20)28)22-23-26(29)30-14-31-27(23)33(2)25(22)16-6-8-17(9-7-16)34(36)37/h3-11,13-14H,12H2,1-2H3,(H2,29,30,31). The van der Waals surface area contributed by atoms with Gasteiger partial charge in [0.1, 0.15) is 24.1 Å². The summed E-state index contributed by atoms with van der Waals surface area (Å²) >= 11 is 0. The molecule has 0 unspecified atom stereocenters. The summed E-state index contributed by atoms with van der Waals surface area (Å²) in [7, 11) is 1.76. The summed E-state index contributed by atoms with van der Waals surface area (Å²) < 4.78 is 23.4. The molecule has 0 spiro atoms. The van der Waals surface area contributed by atoms with Gasteiger partial charge < -0.3 is 19.8 Å². The molecule has 0 atom stereocenters. The van der Waals surface area contributed by atoms with Crippen molar-refractivity contribution in [2.75, 3.05) is 5.73 Å². The molecule has 0 radical (unpaired) electrons. The zero-order valence-corrected chi connectivity index (χ0v) is 20.4. The minimum Gasteiger partial charge on any atom is -0.436 e. The van der Waals surface area contributed by atoms with Crippen LogP contribution in [0, 0.1) is 22.9 Å². The molecule has 2 aromatic carbocycles. The number of aldehydes is 1. The topological polar surface area (TPSA) is 139 Å². The average Bonchev–Trinajstić information content (AvgIpc) is 3.20. The van der Waals surface area contributed by atoms with Crippen molar-refractivity contribution in [2.45, 2.75) is 13.3 Å². The summed E-state index contributed by atoms with van der Waals surface area (Å²) in [6.45, 7) is 1.79. The van der Waals surface area contributed by atoms with Gasteiger partial charge in [0.2, 0.25) is 5.88 Å². The lowest BCUT2D eigenvalue weighted by Crippen LogP contribution is -2.01. The van der Waals surface area contributed by atoms with Crippen molar-refractivity contribution in [1.29, 1.82) is 0 Å². The van der Waals surface area contributed by atoms with Crippen molar-refractivity contribution in [1.82, 2.24) is 19.5 Å². The first-order valence-corrected chi connectivity index (χ1v) is 11.5. The maximum Gasteiger partial charge on any atom is 0.269 e. The Morgan fingerprint density at radius 3 is 2.58 bits per heavy atom. The Morgan fingerprint density at radius 2 is 1.89 bits per heavy atom. The third kappa shape index (κ3) is 4.19. The average molecular weight is 513 g/mol. The van der Waals surface area contributed by atoms with E-state index in [1.807, 2.05) is 0 Å². The highest BCUT2D eigenvalue weighted by atomic mass is 19.1. The normalized spacial score (nSPS) is 11.0. The summed E-state index contributed by atoms with van der Waals surface area (Å²) in [6, 6.07) is 14.2. The quantitative estimate of drug-likeness (QED) is 0.179. The van der Waals surface area contributed by atoms with Gasteiger partial charge in [-0.2, -0.15) is 0 Å². The SMILES string of the molecule is Cc1cccc(Oc2ccc(-c3c(-c4ccc([N+](=O)[O-])cc4)n(C)c4ncnc(N)c34)c(CC=O)c2F)n1. The van der Waals surface area contributed by atoms with Gasteiger partial charge >= 0.3 is 0 Å². The van der Waals surface area contributed by atoms with Crippen LogP contribution in [0.15, 0.2) is 60.9 Å². The molecule has 0 bridgehead atoms. The van der Waals surface area contributed by atoms with E-state index in [2.05, 4.69) is 15.0 Å². The van der Waals surface area contributed by atoms with Gasteiger partial charge in [0.25, 0.3) is 5.69 Å². The highest BCUT2D eigenvalue weighted by Gasteiger charge is 2.26. The number of carbonyl (C=O) groups excluding carboxylic acids is 1. The summed E-state index contributed by atoms with van der Waals surface area (Å²) in [6.07, 6.45) is 1.68.